The highest BCUT2D eigenvalue weighted by Gasteiger charge is 2.24. The molecule has 1 aliphatic heterocycles. The van der Waals surface area contributed by atoms with Gasteiger partial charge in [0.15, 0.2) is 0 Å². The second-order valence-corrected chi connectivity index (χ2v) is 4.73. The van der Waals surface area contributed by atoms with Crippen LogP contribution in [0.4, 0.5) is 5.82 Å². The number of pyridine rings is 1. The van der Waals surface area contributed by atoms with E-state index in [0.29, 0.717) is 11.7 Å². The van der Waals surface area contributed by atoms with E-state index in [9.17, 15) is 4.79 Å². The van der Waals surface area contributed by atoms with Gasteiger partial charge in [-0.3, -0.25) is 4.79 Å². The van der Waals surface area contributed by atoms with Crippen LogP contribution in [-0.2, 0) is 0 Å². The smallest absolute Gasteiger partial charge is 0.298 e. The normalized spacial score (nSPS) is 18.1. The van der Waals surface area contributed by atoms with Crippen LogP contribution in [0.5, 0.6) is 0 Å². The third-order valence-electron chi connectivity index (χ3n) is 3.24. The summed E-state index contributed by atoms with van der Waals surface area (Å²) in [6.07, 6.45) is 3.64. The number of hydrogen-bond donors (Lipinski definition) is 2. The first-order valence-electron chi connectivity index (χ1n) is 6.54. The lowest BCUT2D eigenvalue weighted by molar-refractivity contribution is 0.101. The minimum Gasteiger partial charge on any atom is -0.337 e. The Morgan fingerprint density at radius 3 is 3.20 bits per heavy atom. The molecule has 0 aromatic carbocycles. The number of hydrogen-bond acceptors (Lipinski definition) is 6. The largest absolute Gasteiger partial charge is 0.337 e. The first-order chi connectivity index (χ1) is 9.74. The molecule has 0 aliphatic carbocycles. The van der Waals surface area contributed by atoms with E-state index >= 15 is 0 Å². The van der Waals surface area contributed by atoms with Crippen molar-refractivity contribution >= 4 is 11.7 Å². The lowest BCUT2D eigenvalue weighted by Gasteiger charge is -2.04. The van der Waals surface area contributed by atoms with Crippen LogP contribution in [0.1, 0.15) is 41.0 Å². The van der Waals surface area contributed by atoms with Crippen LogP contribution in [0.2, 0.25) is 0 Å². The zero-order chi connectivity index (χ0) is 13.9. The summed E-state index contributed by atoms with van der Waals surface area (Å²) < 4.78 is 5.13. The molecule has 0 saturated carbocycles. The van der Waals surface area contributed by atoms with Crippen molar-refractivity contribution in [1.82, 2.24) is 20.4 Å². The van der Waals surface area contributed by atoms with E-state index in [1.54, 1.807) is 6.20 Å². The van der Waals surface area contributed by atoms with Crippen molar-refractivity contribution in [2.75, 3.05) is 11.9 Å². The lowest BCUT2D eigenvalue weighted by Crippen LogP contribution is -2.16. The Labute approximate surface area is 115 Å². The van der Waals surface area contributed by atoms with Gasteiger partial charge >= 0.3 is 0 Å². The van der Waals surface area contributed by atoms with E-state index in [-0.39, 0.29) is 11.9 Å². The summed E-state index contributed by atoms with van der Waals surface area (Å²) in [5, 5.41) is 9.64. The molecule has 1 amide bonds. The van der Waals surface area contributed by atoms with Gasteiger partial charge in [-0.1, -0.05) is 11.2 Å². The van der Waals surface area contributed by atoms with Crippen molar-refractivity contribution < 1.29 is 9.32 Å². The van der Waals surface area contributed by atoms with Crippen LogP contribution in [-0.4, -0.2) is 27.6 Å². The molecule has 0 radical (unpaired) electrons. The quantitative estimate of drug-likeness (QED) is 0.879. The minimum absolute atomic E-state index is 0.0266. The SMILES string of the molecule is Cc1cccnc1NC(=O)c1noc(C2CCCN2)n1. The van der Waals surface area contributed by atoms with E-state index in [1.807, 2.05) is 19.1 Å². The lowest BCUT2D eigenvalue weighted by atomic mass is 10.2. The molecule has 3 rings (SSSR count). The molecule has 1 aliphatic rings. The third-order valence-corrected chi connectivity index (χ3v) is 3.24. The molecule has 7 heteroatoms. The van der Waals surface area contributed by atoms with Crippen LogP contribution >= 0.6 is 0 Å². The molecular formula is C13H15N5O2. The van der Waals surface area contributed by atoms with Gasteiger partial charge in [0.1, 0.15) is 5.82 Å². The van der Waals surface area contributed by atoms with Gasteiger partial charge in [0.2, 0.25) is 5.89 Å². The molecule has 0 bridgehead atoms. The molecular weight excluding hydrogens is 258 g/mol. The second-order valence-electron chi connectivity index (χ2n) is 4.73. The highest BCUT2D eigenvalue weighted by molar-refractivity contribution is 6.01. The van der Waals surface area contributed by atoms with Gasteiger partial charge in [-0.2, -0.15) is 4.98 Å². The van der Waals surface area contributed by atoms with Gasteiger partial charge in [0.25, 0.3) is 11.7 Å². The predicted octanol–water partition coefficient (Wildman–Crippen LogP) is 1.45. The standard InChI is InChI=1S/C13H15N5O2/c1-8-4-2-7-15-10(8)16-12(19)11-17-13(20-18-11)9-5-3-6-14-9/h2,4,7,9,14H,3,5-6H2,1H3,(H,15,16,19). The maximum Gasteiger partial charge on any atom is 0.298 e. The van der Waals surface area contributed by atoms with Crippen LogP contribution in [0, 0.1) is 6.92 Å². The van der Waals surface area contributed by atoms with Crippen molar-refractivity contribution in [2.45, 2.75) is 25.8 Å². The van der Waals surface area contributed by atoms with E-state index in [2.05, 4.69) is 25.8 Å². The Bertz CT molecular complexity index is 619. The fraction of sp³-hybridized carbons (Fsp3) is 0.385. The summed E-state index contributed by atoms with van der Waals surface area (Å²) in [6, 6.07) is 3.73. The Morgan fingerprint density at radius 2 is 2.45 bits per heavy atom. The fourth-order valence-electron chi connectivity index (χ4n) is 2.14. The number of carbonyl (C=O) groups is 1. The second kappa shape index (κ2) is 5.38. The number of amides is 1. The third kappa shape index (κ3) is 2.53. The molecule has 1 unspecified atom stereocenters. The monoisotopic (exact) mass is 273 g/mol. The molecule has 1 fully saturated rings. The Morgan fingerprint density at radius 1 is 1.55 bits per heavy atom. The predicted molar refractivity (Wildman–Crippen MR) is 71.2 cm³/mol. The topological polar surface area (TPSA) is 92.9 Å². The first kappa shape index (κ1) is 12.7. The molecule has 1 atom stereocenters. The van der Waals surface area contributed by atoms with Gasteiger partial charge in [0, 0.05) is 6.20 Å². The molecule has 2 aromatic heterocycles. The maximum atomic E-state index is 12.0. The van der Waals surface area contributed by atoms with E-state index in [1.165, 1.54) is 0 Å². The van der Waals surface area contributed by atoms with E-state index < -0.39 is 5.91 Å². The van der Waals surface area contributed by atoms with Crippen molar-refractivity contribution in [3.8, 4) is 0 Å². The van der Waals surface area contributed by atoms with Crippen molar-refractivity contribution in [3.05, 3.63) is 35.6 Å². The summed E-state index contributed by atoms with van der Waals surface area (Å²) in [7, 11) is 0. The molecule has 7 nitrogen and oxygen atoms in total. The van der Waals surface area contributed by atoms with Crippen LogP contribution < -0.4 is 10.6 Å². The van der Waals surface area contributed by atoms with Crippen LogP contribution in [0.3, 0.4) is 0 Å². The zero-order valence-electron chi connectivity index (χ0n) is 11.1. The molecule has 0 spiro atoms. The van der Waals surface area contributed by atoms with Crippen molar-refractivity contribution in [1.29, 1.82) is 0 Å². The molecule has 2 N–H and O–H groups in total. The van der Waals surface area contributed by atoms with E-state index in [0.717, 1.165) is 24.9 Å². The van der Waals surface area contributed by atoms with Gasteiger partial charge in [0.05, 0.1) is 6.04 Å². The minimum atomic E-state index is -0.417. The highest BCUT2D eigenvalue weighted by atomic mass is 16.5. The van der Waals surface area contributed by atoms with E-state index in [4.69, 9.17) is 4.52 Å². The number of aromatic nitrogens is 3. The van der Waals surface area contributed by atoms with Gasteiger partial charge in [-0.05, 0) is 37.9 Å². The fourth-order valence-corrected chi connectivity index (χ4v) is 2.14. The number of nitrogens with zero attached hydrogens (tertiary/aromatic N) is 3. The van der Waals surface area contributed by atoms with Crippen molar-refractivity contribution in [3.63, 3.8) is 0 Å². The van der Waals surface area contributed by atoms with Gasteiger partial charge in [-0.25, -0.2) is 4.98 Å². The number of nitrogens with one attached hydrogen (secondary N) is 2. The number of carbonyl (C=O) groups excluding carboxylic acids is 1. The average Bonchev–Trinajstić information content (AvgIpc) is 3.11. The zero-order valence-corrected chi connectivity index (χ0v) is 11.1. The Balaban J connectivity index is 1.73. The molecule has 20 heavy (non-hydrogen) atoms. The highest BCUT2D eigenvalue weighted by Crippen LogP contribution is 2.21. The van der Waals surface area contributed by atoms with Crippen LogP contribution in [0.25, 0.3) is 0 Å². The van der Waals surface area contributed by atoms with Gasteiger partial charge in [-0.15, -0.1) is 0 Å². The van der Waals surface area contributed by atoms with Crippen LogP contribution in [0.15, 0.2) is 22.9 Å². The first-order valence-corrected chi connectivity index (χ1v) is 6.54. The number of anilines is 1. The average molecular weight is 273 g/mol. The molecule has 2 aromatic rings. The Hall–Kier alpha value is -2.28. The van der Waals surface area contributed by atoms with Crippen molar-refractivity contribution in [2.24, 2.45) is 0 Å². The molecule has 104 valence electrons. The number of rotatable bonds is 3. The summed E-state index contributed by atoms with van der Waals surface area (Å²) >= 11 is 0. The molecule has 1 saturated heterocycles. The van der Waals surface area contributed by atoms with Gasteiger partial charge < -0.3 is 15.2 Å². The summed E-state index contributed by atoms with van der Waals surface area (Å²) in [5.41, 5.74) is 0.877. The summed E-state index contributed by atoms with van der Waals surface area (Å²) in [6.45, 7) is 2.80. The maximum absolute atomic E-state index is 12.0. The summed E-state index contributed by atoms with van der Waals surface area (Å²) in [4.78, 5) is 20.3. The number of aryl methyl sites for hydroxylation is 1. The Kier molecular flexibility index (Phi) is 3.42. The summed E-state index contributed by atoms with van der Waals surface area (Å²) in [5.74, 6) is 0.576. The molecule has 3 heterocycles.